The third-order valence-electron chi connectivity index (χ3n) is 3.95. The number of rotatable bonds is 5. The Kier molecular flexibility index (Phi) is 4.79. The van der Waals surface area contributed by atoms with Gasteiger partial charge in [-0.25, -0.2) is 0 Å². The Morgan fingerprint density at radius 2 is 2.00 bits per heavy atom. The molecule has 0 saturated heterocycles. The minimum absolute atomic E-state index is 0.311. The summed E-state index contributed by atoms with van der Waals surface area (Å²) in [6.07, 6.45) is 5.63. The topological polar surface area (TPSA) is 21.3 Å². The second-order valence-corrected chi connectivity index (χ2v) is 5.44. The lowest BCUT2D eigenvalue weighted by atomic mass is 10.00. The molecule has 1 aromatic carbocycles. The fourth-order valence-electron chi connectivity index (χ4n) is 2.83. The van der Waals surface area contributed by atoms with E-state index >= 15 is 0 Å². The first-order valence-electron chi connectivity index (χ1n) is 7.06. The molecule has 2 nitrogen and oxygen atoms in total. The van der Waals surface area contributed by atoms with Crippen molar-refractivity contribution in [3.8, 4) is 0 Å². The first-order valence-corrected chi connectivity index (χ1v) is 7.06. The van der Waals surface area contributed by atoms with Gasteiger partial charge in [-0.3, -0.25) is 0 Å². The van der Waals surface area contributed by atoms with Gasteiger partial charge in [0.05, 0.1) is 18.8 Å². The van der Waals surface area contributed by atoms with Crippen LogP contribution >= 0.6 is 0 Å². The van der Waals surface area contributed by atoms with Crippen LogP contribution in [0.5, 0.6) is 0 Å². The SMILES string of the molecule is CNC(COC1CCCC1)c1ccc(C)cc1C. The maximum Gasteiger partial charge on any atom is 0.0665 e. The van der Waals surface area contributed by atoms with Gasteiger partial charge in [-0.2, -0.15) is 0 Å². The molecule has 0 radical (unpaired) electrons. The van der Waals surface area contributed by atoms with Gasteiger partial charge in [-0.05, 0) is 44.9 Å². The van der Waals surface area contributed by atoms with E-state index in [1.807, 2.05) is 7.05 Å². The summed E-state index contributed by atoms with van der Waals surface area (Å²) in [6, 6.07) is 6.97. The van der Waals surface area contributed by atoms with E-state index in [1.165, 1.54) is 42.4 Å². The predicted octanol–water partition coefficient (Wildman–Crippen LogP) is 3.52. The Labute approximate surface area is 111 Å². The first kappa shape index (κ1) is 13.6. The van der Waals surface area contributed by atoms with Crippen LogP contribution in [0.3, 0.4) is 0 Å². The number of aryl methyl sites for hydroxylation is 2. The Hall–Kier alpha value is -0.860. The molecule has 1 fully saturated rings. The number of hydrogen-bond donors (Lipinski definition) is 1. The maximum atomic E-state index is 6.03. The van der Waals surface area contributed by atoms with Crippen LogP contribution in [0.25, 0.3) is 0 Å². The van der Waals surface area contributed by atoms with Gasteiger partial charge in [0.1, 0.15) is 0 Å². The molecule has 0 amide bonds. The van der Waals surface area contributed by atoms with Crippen molar-refractivity contribution in [3.63, 3.8) is 0 Å². The van der Waals surface area contributed by atoms with Crippen molar-refractivity contribution in [1.82, 2.24) is 5.32 Å². The zero-order valence-electron chi connectivity index (χ0n) is 11.8. The molecule has 1 atom stereocenters. The standard InChI is InChI=1S/C16H25NO/c1-12-8-9-15(13(2)10-12)16(17-3)11-18-14-6-4-5-7-14/h8-10,14,16-17H,4-7,11H2,1-3H3. The summed E-state index contributed by atoms with van der Waals surface area (Å²) in [6.45, 7) is 5.10. The molecule has 0 aliphatic heterocycles. The lowest BCUT2D eigenvalue weighted by Gasteiger charge is -2.21. The minimum atomic E-state index is 0.311. The summed E-state index contributed by atoms with van der Waals surface area (Å²) in [5.74, 6) is 0. The summed E-state index contributed by atoms with van der Waals surface area (Å²) in [7, 11) is 2.02. The fraction of sp³-hybridized carbons (Fsp3) is 0.625. The first-order chi connectivity index (χ1) is 8.70. The number of ether oxygens (including phenoxy) is 1. The van der Waals surface area contributed by atoms with Crippen molar-refractivity contribution in [2.45, 2.75) is 51.7 Å². The van der Waals surface area contributed by atoms with E-state index in [-0.39, 0.29) is 0 Å². The van der Waals surface area contributed by atoms with Crippen LogP contribution in [0.2, 0.25) is 0 Å². The molecule has 100 valence electrons. The van der Waals surface area contributed by atoms with Crippen molar-refractivity contribution < 1.29 is 4.74 Å². The normalized spacial score (nSPS) is 18.2. The molecule has 1 aliphatic carbocycles. The highest BCUT2D eigenvalue weighted by atomic mass is 16.5. The van der Waals surface area contributed by atoms with Gasteiger partial charge in [-0.1, -0.05) is 36.6 Å². The molecular formula is C16H25NO. The molecule has 18 heavy (non-hydrogen) atoms. The van der Waals surface area contributed by atoms with Gasteiger partial charge in [0, 0.05) is 0 Å². The monoisotopic (exact) mass is 247 g/mol. The quantitative estimate of drug-likeness (QED) is 0.859. The maximum absolute atomic E-state index is 6.03. The third kappa shape index (κ3) is 3.33. The fourth-order valence-corrected chi connectivity index (χ4v) is 2.83. The highest BCUT2D eigenvalue weighted by Gasteiger charge is 2.18. The Balaban J connectivity index is 1.98. The number of likely N-dealkylation sites (N-methyl/N-ethyl adjacent to an activating group) is 1. The molecule has 1 N–H and O–H groups in total. The summed E-state index contributed by atoms with van der Waals surface area (Å²) >= 11 is 0. The minimum Gasteiger partial charge on any atom is -0.376 e. The van der Waals surface area contributed by atoms with Crippen LogP contribution in [0.1, 0.15) is 48.4 Å². The average Bonchev–Trinajstić information content (AvgIpc) is 2.85. The van der Waals surface area contributed by atoms with Crippen molar-refractivity contribution in [1.29, 1.82) is 0 Å². The number of benzene rings is 1. The van der Waals surface area contributed by atoms with E-state index in [1.54, 1.807) is 0 Å². The number of hydrogen-bond acceptors (Lipinski definition) is 2. The summed E-state index contributed by atoms with van der Waals surface area (Å²) in [5.41, 5.74) is 4.04. The van der Waals surface area contributed by atoms with E-state index < -0.39 is 0 Å². The number of nitrogens with one attached hydrogen (secondary N) is 1. The largest absolute Gasteiger partial charge is 0.376 e. The lowest BCUT2D eigenvalue weighted by molar-refractivity contribution is 0.0438. The summed E-state index contributed by atoms with van der Waals surface area (Å²) < 4.78 is 6.03. The molecule has 2 heteroatoms. The van der Waals surface area contributed by atoms with Crippen LogP contribution in [-0.4, -0.2) is 19.8 Å². The predicted molar refractivity (Wildman–Crippen MR) is 75.9 cm³/mol. The second-order valence-electron chi connectivity index (χ2n) is 5.44. The van der Waals surface area contributed by atoms with Crippen molar-refractivity contribution in [2.24, 2.45) is 0 Å². The van der Waals surface area contributed by atoms with Crippen molar-refractivity contribution in [2.75, 3.05) is 13.7 Å². The highest BCUT2D eigenvalue weighted by molar-refractivity contribution is 5.32. The molecule has 1 unspecified atom stereocenters. The smallest absolute Gasteiger partial charge is 0.0665 e. The summed E-state index contributed by atoms with van der Waals surface area (Å²) in [5, 5.41) is 3.38. The second kappa shape index (κ2) is 6.35. The van der Waals surface area contributed by atoms with Crippen LogP contribution in [0, 0.1) is 13.8 Å². The lowest BCUT2D eigenvalue weighted by Crippen LogP contribution is -2.25. The highest BCUT2D eigenvalue weighted by Crippen LogP contribution is 2.24. The van der Waals surface area contributed by atoms with E-state index in [4.69, 9.17) is 4.74 Å². The molecule has 1 saturated carbocycles. The van der Waals surface area contributed by atoms with Gasteiger partial charge in [0.2, 0.25) is 0 Å². The van der Waals surface area contributed by atoms with Crippen molar-refractivity contribution >= 4 is 0 Å². The van der Waals surface area contributed by atoms with E-state index in [2.05, 4.69) is 37.4 Å². The van der Waals surface area contributed by atoms with Gasteiger partial charge in [0.15, 0.2) is 0 Å². The van der Waals surface area contributed by atoms with Crippen LogP contribution in [0.15, 0.2) is 18.2 Å². The van der Waals surface area contributed by atoms with Gasteiger partial charge >= 0.3 is 0 Å². The van der Waals surface area contributed by atoms with E-state index in [0.29, 0.717) is 12.1 Å². The summed E-state index contributed by atoms with van der Waals surface area (Å²) in [4.78, 5) is 0. The zero-order valence-corrected chi connectivity index (χ0v) is 11.8. The molecule has 1 aliphatic rings. The van der Waals surface area contributed by atoms with E-state index in [9.17, 15) is 0 Å². The van der Waals surface area contributed by atoms with E-state index in [0.717, 1.165) is 6.61 Å². The zero-order chi connectivity index (χ0) is 13.0. The Morgan fingerprint density at radius 1 is 1.28 bits per heavy atom. The van der Waals surface area contributed by atoms with Crippen LogP contribution < -0.4 is 5.32 Å². The molecular weight excluding hydrogens is 222 g/mol. The Morgan fingerprint density at radius 3 is 2.61 bits per heavy atom. The molecule has 0 spiro atoms. The molecule has 2 rings (SSSR count). The molecule has 1 aromatic rings. The molecule has 0 bridgehead atoms. The van der Waals surface area contributed by atoms with Crippen LogP contribution in [0.4, 0.5) is 0 Å². The van der Waals surface area contributed by atoms with Crippen molar-refractivity contribution in [3.05, 3.63) is 34.9 Å². The van der Waals surface area contributed by atoms with Gasteiger partial charge in [0.25, 0.3) is 0 Å². The van der Waals surface area contributed by atoms with Crippen LogP contribution in [-0.2, 0) is 4.74 Å². The van der Waals surface area contributed by atoms with Gasteiger partial charge < -0.3 is 10.1 Å². The molecule has 0 aromatic heterocycles. The average molecular weight is 247 g/mol. The Bertz CT molecular complexity index is 383. The van der Waals surface area contributed by atoms with Gasteiger partial charge in [-0.15, -0.1) is 0 Å². The third-order valence-corrected chi connectivity index (χ3v) is 3.95. The molecule has 0 heterocycles.